The van der Waals surface area contributed by atoms with Gasteiger partial charge in [0, 0.05) is 13.3 Å². The second-order valence-corrected chi connectivity index (χ2v) is 6.78. The van der Waals surface area contributed by atoms with Crippen LogP contribution in [0.4, 0.5) is 4.39 Å². The Morgan fingerprint density at radius 2 is 1.72 bits per heavy atom. The predicted molar refractivity (Wildman–Crippen MR) is 109 cm³/mol. The van der Waals surface area contributed by atoms with Gasteiger partial charge >= 0.3 is 17.9 Å². The average Bonchev–Trinajstić information content (AvgIpc) is 2.69. The topological polar surface area (TPSA) is 148 Å². The van der Waals surface area contributed by atoms with Gasteiger partial charge in [-0.15, -0.1) is 0 Å². The molecule has 0 unspecified atom stereocenters. The lowest BCUT2D eigenvalue weighted by Crippen LogP contribution is -2.55. The smallest absolute Gasteiger partial charge is 0.327 e. The SMILES string of the molecule is CCOC(=O)C[C@H](C(=O)OCC)[C@@H](NC(=O)[C@H](Cc1cccc(F)c1)NC(C)=O)C(=O)O. The summed E-state index contributed by atoms with van der Waals surface area (Å²) in [5.41, 5.74) is 0.374. The third-order valence-corrected chi connectivity index (χ3v) is 4.27. The molecule has 3 N–H and O–H groups in total. The van der Waals surface area contributed by atoms with E-state index in [4.69, 9.17) is 9.47 Å². The Balaban J connectivity index is 3.14. The van der Waals surface area contributed by atoms with E-state index in [9.17, 15) is 33.5 Å². The Morgan fingerprint density at radius 1 is 1.06 bits per heavy atom. The first kappa shape index (κ1) is 26.5. The van der Waals surface area contributed by atoms with Gasteiger partial charge in [-0.1, -0.05) is 12.1 Å². The summed E-state index contributed by atoms with van der Waals surface area (Å²) < 4.78 is 23.1. The van der Waals surface area contributed by atoms with Crippen LogP contribution in [0.25, 0.3) is 0 Å². The van der Waals surface area contributed by atoms with Crippen molar-refractivity contribution in [3.05, 3.63) is 35.6 Å². The molecule has 2 amide bonds. The number of benzene rings is 1. The molecule has 1 aromatic rings. The Morgan fingerprint density at radius 3 is 2.25 bits per heavy atom. The van der Waals surface area contributed by atoms with E-state index in [2.05, 4.69) is 10.6 Å². The molecule has 3 atom stereocenters. The zero-order valence-corrected chi connectivity index (χ0v) is 18.1. The summed E-state index contributed by atoms with van der Waals surface area (Å²) in [6.07, 6.45) is -0.782. The number of esters is 2. The molecule has 0 aliphatic carbocycles. The Labute approximate surface area is 184 Å². The van der Waals surface area contributed by atoms with E-state index >= 15 is 0 Å². The molecule has 1 rings (SSSR count). The Hall–Kier alpha value is -3.50. The molecule has 0 aromatic heterocycles. The van der Waals surface area contributed by atoms with Gasteiger partial charge in [0.25, 0.3) is 0 Å². The van der Waals surface area contributed by atoms with E-state index in [1.54, 1.807) is 0 Å². The van der Waals surface area contributed by atoms with Crippen LogP contribution >= 0.6 is 0 Å². The predicted octanol–water partition coefficient (Wildman–Crippen LogP) is 0.575. The standard InChI is InChI=1S/C21H27FN2O8/c1-4-31-17(26)11-15(21(30)32-5-2)18(20(28)29)24-19(27)16(23-12(3)25)10-13-7-6-8-14(22)9-13/h6-9,15-16,18H,4-5,10-11H2,1-3H3,(H,23,25)(H,24,27)(H,28,29)/t15-,16-,18+/m0/s1. The fourth-order valence-electron chi connectivity index (χ4n) is 2.93. The number of hydrogen-bond acceptors (Lipinski definition) is 7. The van der Waals surface area contributed by atoms with Gasteiger partial charge in [-0.05, 0) is 31.5 Å². The summed E-state index contributed by atoms with van der Waals surface area (Å²) in [4.78, 5) is 60.5. The van der Waals surface area contributed by atoms with Crippen LogP contribution in [0.1, 0.15) is 32.8 Å². The quantitative estimate of drug-likeness (QED) is 0.388. The highest BCUT2D eigenvalue weighted by Gasteiger charge is 2.39. The zero-order chi connectivity index (χ0) is 24.3. The molecule has 11 heteroatoms. The summed E-state index contributed by atoms with van der Waals surface area (Å²) in [6.45, 7) is 4.13. The molecule has 0 fully saturated rings. The third-order valence-electron chi connectivity index (χ3n) is 4.27. The van der Waals surface area contributed by atoms with Crippen molar-refractivity contribution in [1.82, 2.24) is 10.6 Å². The van der Waals surface area contributed by atoms with Gasteiger partial charge in [-0.3, -0.25) is 19.2 Å². The molecule has 1 aromatic carbocycles. The summed E-state index contributed by atoms with van der Waals surface area (Å²) in [5.74, 6) is -7.07. The van der Waals surface area contributed by atoms with Crippen LogP contribution in [-0.4, -0.2) is 60.1 Å². The maximum Gasteiger partial charge on any atom is 0.327 e. The van der Waals surface area contributed by atoms with Crippen LogP contribution in [0.3, 0.4) is 0 Å². The van der Waals surface area contributed by atoms with Gasteiger partial charge in [-0.2, -0.15) is 0 Å². The summed E-state index contributed by atoms with van der Waals surface area (Å²) in [7, 11) is 0. The first-order chi connectivity index (χ1) is 15.1. The number of halogens is 1. The van der Waals surface area contributed by atoms with Gasteiger partial charge in [0.1, 0.15) is 17.9 Å². The van der Waals surface area contributed by atoms with Crippen molar-refractivity contribution in [3.8, 4) is 0 Å². The highest BCUT2D eigenvalue weighted by atomic mass is 19.1. The van der Waals surface area contributed by atoms with Crippen LogP contribution in [-0.2, 0) is 39.9 Å². The minimum absolute atomic E-state index is 0.0106. The average molecular weight is 454 g/mol. The highest BCUT2D eigenvalue weighted by Crippen LogP contribution is 2.15. The first-order valence-electron chi connectivity index (χ1n) is 9.95. The number of ether oxygens (including phenoxy) is 2. The molecule has 0 aliphatic heterocycles. The van der Waals surface area contributed by atoms with Crippen molar-refractivity contribution in [1.29, 1.82) is 0 Å². The zero-order valence-electron chi connectivity index (χ0n) is 18.1. The van der Waals surface area contributed by atoms with Gasteiger partial charge in [-0.25, -0.2) is 9.18 Å². The number of carboxylic acids is 1. The number of nitrogens with one attached hydrogen (secondary N) is 2. The largest absolute Gasteiger partial charge is 0.480 e. The van der Waals surface area contributed by atoms with Crippen LogP contribution in [0.5, 0.6) is 0 Å². The van der Waals surface area contributed by atoms with Gasteiger partial charge < -0.3 is 25.2 Å². The van der Waals surface area contributed by atoms with Crippen LogP contribution in [0.15, 0.2) is 24.3 Å². The molecule has 0 bridgehead atoms. The van der Waals surface area contributed by atoms with E-state index in [-0.39, 0.29) is 19.6 Å². The molecule has 0 saturated heterocycles. The molecule has 10 nitrogen and oxygen atoms in total. The highest BCUT2D eigenvalue weighted by molar-refractivity contribution is 5.93. The van der Waals surface area contributed by atoms with Gasteiger partial charge in [0.05, 0.1) is 25.6 Å². The maximum atomic E-state index is 13.5. The van der Waals surface area contributed by atoms with Crippen molar-refractivity contribution >= 4 is 29.7 Å². The fourth-order valence-corrected chi connectivity index (χ4v) is 2.93. The number of aliphatic carboxylic acids is 1. The van der Waals surface area contributed by atoms with Crippen LogP contribution < -0.4 is 10.6 Å². The number of carbonyl (C=O) groups is 5. The number of amides is 2. The molecule has 176 valence electrons. The normalized spacial score (nSPS) is 13.2. The monoisotopic (exact) mass is 454 g/mol. The summed E-state index contributed by atoms with van der Waals surface area (Å²) in [6, 6.07) is 2.22. The molecule has 0 radical (unpaired) electrons. The molecule has 0 spiro atoms. The fraction of sp³-hybridized carbons (Fsp3) is 0.476. The number of rotatable bonds is 12. The summed E-state index contributed by atoms with van der Waals surface area (Å²) >= 11 is 0. The molecule has 0 saturated carbocycles. The third kappa shape index (κ3) is 8.70. The number of carbonyl (C=O) groups excluding carboxylic acids is 4. The number of carboxylic acid groups (broad SMARTS) is 1. The van der Waals surface area contributed by atoms with Crippen molar-refractivity contribution in [2.75, 3.05) is 13.2 Å². The minimum atomic E-state index is -1.84. The Kier molecular flexibility index (Phi) is 10.8. The van der Waals surface area contributed by atoms with Gasteiger partial charge in [0.15, 0.2) is 0 Å². The van der Waals surface area contributed by atoms with Crippen LogP contribution in [0, 0.1) is 11.7 Å². The first-order valence-corrected chi connectivity index (χ1v) is 9.95. The van der Waals surface area contributed by atoms with Gasteiger partial charge in [0.2, 0.25) is 11.8 Å². The molecule has 0 heterocycles. The van der Waals surface area contributed by atoms with Crippen LogP contribution in [0.2, 0.25) is 0 Å². The van der Waals surface area contributed by atoms with Crippen molar-refractivity contribution in [3.63, 3.8) is 0 Å². The molecular formula is C21H27FN2O8. The van der Waals surface area contributed by atoms with Crippen molar-refractivity contribution in [2.24, 2.45) is 5.92 Å². The molecule has 32 heavy (non-hydrogen) atoms. The number of hydrogen-bond donors (Lipinski definition) is 3. The van der Waals surface area contributed by atoms with E-state index in [0.29, 0.717) is 5.56 Å². The Bertz CT molecular complexity index is 845. The second kappa shape index (κ2) is 13.0. The van der Waals surface area contributed by atoms with Crippen molar-refractivity contribution < 1.29 is 42.9 Å². The summed E-state index contributed by atoms with van der Waals surface area (Å²) in [5, 5.41) is 14.2. The molecular weight excluding hydrogens is 427 g/mol. The van der Waals surface area contributed by atoms with E-state index in [0.717, 1.165) is 6.92 Å². The second-order valence-electron chi connectivity index (χ2n) is 6.78. The minimum Gasteiger partial charge on any atom is -0.480 e. The lowest BCUT2D eigenvalue weighted by Gasteiger charge is -2.25. The van der Waals surface area contributed by atoms with E-state index in [1.165, 1.54) is 38.1 Å². The lowest BCUT2D eigenvalue weighted by atomic mass is 9.95. The van der Waals surface area contributed by atoms with E-state index in [1.807, 2.05) is 0 Å². The lowest BCUT2D eigenvalue weighted by molar-refractivity contribution is -0.160. The maximum absolute atomic E-state index is 13.5. The molecule has 0 aliphatic rings. The van der Waals surface area contributed by atoms with Crippen molar-refractivity contribution in [2.45, 2.75) is 45.7 Å². The van der Waals surface area contributed by atoms with E-state index < -0.39 is 60.0 Å².